The van der Waals surface area contributed by atoms with Crippen LogP contribution in [0.25, 0.3) is 0 Å². The van der Waals surface area contributed by atoms with Gasteiger partial charge in [0.15, 0.2) is 25.2 Å². The van der Waals surface area contributed by atoms with Crippen molar-refractivity contribution in [2.45, 2.75) is 67.2 Å². The highest BCUT2D eigenvalue weighted by Gasteiger charge is 2.25. The van der Waals surface area contributed by atoms with Gasteiger partial charge in [0.2, 0.25) is 0 Å². The van der Waals surface area contributed by atoms with Crippen LogP contribution in [0, 0.1) is 27.7 Å². The summed E-state index contributed by atoms with van der Waals surface area (Å²) in [6.07, 6.45) is 0. The zero-order valence-corrected chi connectivity index (χ0v) is 32.4. The fourth-order valence-corrected chi connectivity index (χ4v) is 7.16. The standard InChI is InChI=1S/C41H49O9P/c1-24(2)34-20-30(12-14-36(34)47-22-45-9)40(42)38-26(5)16-32(17-27(38)6)49-51(11,44)50-33-18-28(7)39(29(8)19-33)41(43)31-13-15-37(48-23-46-10)35(21-31)25(3)4/h12-21,24-25H,22-23H2,1-11H3. The molecule has 0 aliphatic carbocycles. The van der Waals surface area contributed by atoms with E-state index >= 15 is 0 Å². The number of carbonyl (C=O) groups excluding carboxylic acids is 2. The Bertz CT molecular complexity index is 1780. The van der Waals surface area contributed by atoms with E-state index < -0.39 is 7.60 Å². The minimum atomic E-state index is -3.69. The van der Waals surface area contributed by atoms with Crippen LogP contribution in [0.1, 0.15) is 105 Å². The van der Waals surface area contributed by atoms with Gasteiger partial charge in [-0.2, -0.15) is 0 Å². The van der Waals surface area contributed by atoms with Gasteiger partial charge in [-0.15, -0.1) is 0 Å². The number of hydrogen-bond acceptors (Lipinski definition) is 9. The van der Waals surface area contributed by atoms with Crippen LogP contribution in [-0.2, 0) is 14.0 Å². The third-order valence-electron chi connectivity index (χ3n) is 8.46. The fourth-order valence-electron chi connectivity index (χ4n) is 6.15. The van der Waals surface area contributed by atoms with Crippen molar-refractivity contribution in [1.82, 2.24) is 0 Å². The molecule has 51 heavy (non-hydrogen) atoms. The number of methoxy groups -OCH3 is 2. The Morgan fingerprint density at radius 3 is 1.22 bits per heavy atom. The third kappa shape index (κ3) is 9.47. The lowest BCUT2D eigenvalue weighted by Gasteiger charge is -2.20. The van der Waals surface area contributed by atoms with Crippen molar-refractivity contribution in [3.63, 3.8) is 0 Å². The Morgan fingerprint density at radius 1 is 0.588 bits per heavy atom. The lowest BCUT2D eigenvalue weighted by Crippen LogP contribution is -2.10. The van der Waals surface area contributed by atoms with Crippen molar-refractivity contribution in [1.29, 1.82) is 0 Å². The Hall–Kier alpha value is -4.43. The molecule has 272 valence electrons. The summed E-state index contributed by atoms with van der Waals surface area (Å²) in [5.74, 6) is 1.96. The molecule has 0 saturated carbocycles. The van der Waals surface area contributed by atoms with Crippen molar-refractivity contribution in [2.75, 3.05) is 34.5 Å². The first-order chi connectivity index (χ1) is 24.1. The largest absolute Gasteiger partial charge is 0.467 e. The van der Waals surface area contributed by atoms with Crippen LogP contribution in [0.4, 0.5) is 0 Å². The molecule has 0 fully saturated rings. The lowest BCUT2D eigenvalue weighted by atomic mass is 9.92. The van der Waals surface area contributed by atoms with E-state index in [2.05, 4.69) is 0 Å². The molecule has 0 aliphatic rings. The van der Waals surface area contributed by atoms with E-state index in [1.165, 1.54) is 6.66 Å². The fraction of sp³-hybridized carbons (Fsp3) is 0.366. The van der Waals surface area contributed by atoms with Crippen LogP contribution in [0.15, 0.2) is 60.7 Å². The highest BCUT2D eigenvalue weighted by molar-refractivity contribution is 7.53. The van der Waals surface area contributed by atoms with E-state index in [1.807, 2.05) is 67.5 Å². The summed E-state index contributed by atoms with van der Waals surface area (Å²) < 4.78 is 47.0. The highest BCUT2D eigenvalue weighted by atomic mass is 31.2. The van der Waals surface area contributed by atoms with Crippen LogP contribution >= 0.6 is 7.60 Å². The maximum Gasteiger partial charge on any atom is 0.427 e. The van der Waals surface area contributed by atoms with Gasteiger partial charge in [0.1, 0.15) is 23.0 Å². The molecule has 0 bridgehead atoms. The molecule has 0 heterocycles. The molecule has 0 radical (unpaired) electrons. The maximum absolute atomic E-state index is 13.7. The van der Waals surface area contributed by atoms with Crippen LogP contribution in [-0.4, -0.2) is 46.0 Å². The zero-order chi connectivity index (χ0) is 37.6. The van der Waals surface area contributed by atoms with Crippen molar-refractivity contribution in [3.8, 4) is 23.0 Å². The number of ketones is 2. The molecule has 4 aromatic carbocycles. The van der Waals surface area contributed by atoms with E-state index in [4.69, 9.17) is 28.0 Å². The van der Waals surface area contributed by atoms with Crippen LogP contribution in [0.2, 0.25) is 0 Å². The highest BCUT2D eigenvalue weighted by Crippen LogP contribution is 2.46. The molecule has 0 aliphatic heterocycles. The Balaban J connectivity index is 1.54. The Labute approximate surface area is 301 Å². The molecule has 0 atom stereocenters. The van der Waals surface area contributed by atoms with Crippen molar-refractivity contribution < 1.29 is 42.1 Å². The molecular formula is C41H49O9P. The molecule has 4 aromatic rings. The normalized spacial score (nSPS) is 11.5. The van der Waals surface area contributed by atoms with E-state index in [9.17, 15) is 14.2 Å². The molecule has 0 saturated heterocycles. The SMILES string of the molecule is COCOc1ccc(C(=O)c2c(C)cc(OP(C)(=O)Oc3cc(C)c(C(=O)c4ccc(OCOC)c(C(C)C)c4)c(C)c3)cc2C)cc1C(C)C. The van der Waals surface area contributed by atoms with Gasteiger partial charge in [0.05, 0.1) is 6.66 Å². The smallest absolute Gasteiger partial charge is 0.427 e. The minimum Gasteiger partial charge on any atom is -0.467 e. The monoisotopic (exact) mass is 716 g/mol. The average molecular weight is 717 g/mol. The van der Waals surface area contributed by atoms with Gasteiger partial charge in [-0.3, -0.25) is 9.59 Å². The topological polar surface area (TPSA) is 107 Å². The van der Waals surface area contributed by atoms with Crippen molar-refractivity contribution >= 4 is 19.2 Å². The lowest BCUT2D eigenvalue weighted by molar-refractivity contribution is 0.0501. The summed E-state index contributed by atoms with van der Waals surface area (Å²) in [5, 5.41) is 0. The molecule has 0 spiro atoms. The number of hydrogen-bond donors (Lipinski definition) is 0. The number of benzene rings is 4. The predicted octanol–water partition coefficient (Wildman–Crippen LogP) is 9.88. The molecule has 4 rings (SSSR count). The minimum absolute atomic E-state index is 0.114. The second kappa shape index (κ2) is 16.7. The first kappa shape index (κ1) is 39.4. The molecular weight excluding hydrogens is 667 g/mol. The van der Waals surface area contributed by atoms with Crippen LogP contribution in [0.3, 0.4) is 0 Å². The molecule has 0 N–H and O–H groups in total. The Kier molecular flexibility index (Phi) is 12.9. The summed E-state index contributed by atoms with van der Waals surface area (Å²) in [6.45, 7) is 17.1. The summed E-state index contributed by atoms with van der Waals surface area (Å²) in [5.41, 5.74) is 6.66. The van der Waals surface area contributed by atoms with Gasteiger partial charge >= 0.3 is 7.60 Å². The molecule has 0 amide bonds. The van der Waals surface area contributed by atoms with Gasteiger partial charge in [0.25, 0.3) is 0 Å². The molecule has 0 aromatic heterocycles. The maximum atomic E-state index is 13.7. The third-order valence-corrected chi connectivity index (χ3v) is 9.55. The first-order valence-corrected chi connectivity index (χ1v) is 18.9. The Morgan fingerprint density at radius 2 is 0.922 bits per heavy atom. The molecule has 10 heteroatoms. The van der Waals surface area contributed by atoms with Gasteiger partial charge in [-0.1, -0.05) is 27.7 Å². The number of rotatable bonds is 16. The van der Waals surface area contributed by atoms with E-state index in [0.717, 1.165) is 11.1 Å². The van der Waals surface area contributed by atoms with Crippen molar-refractivity contribution in [2.24, 2.45) is 0 Å². The van der Waals surface area contributed by atoms with Gasteiger partial charge in [0, 0.05) is 36.5 Å². The van der Waals surface area contributed by atoms with Crippen LogP contribution < -0.4 is 18.5 Å². The van der Waals surface area contributed by atoms with Gasteiger partial charge < -0.3 is 28.0 Å². The van der Waals surface area contributed by atoms with E-state index in [-0.39, 0.29) is 37.0 Å². The summed E-state index contributed by atoms with van der Waals surface area (Å²) >= 11 is 0. The van der Waals surface area contributed by atoms with Crippen molar-refractivity contribution in [3.05, 3.63) is 116 Å². The summed E-state index contributed by atoms with van der Waals surface area (Å²) in [6, 6.07) is 17.5. The van der Waals surface area contributed by atoms with E-state index in [0.29, 0.717) is 67.5 Å². The molecule has 0 unspecified atom stereocenters. The van der Waals surface area contributed by atoms with E-state index in [1.54, 1.807) is 62.8 Å². The van der Waals surface area contributed by atoms with Gasteiger partial charge in [-0.05, 0) is 134 Å². The summed E-state index contributed by atoms with van der Waals surface area (Å²) in [4.78, 5) is 27.5. The second-order valence-electron chi connectivity index (χ2n) is 13.4. The molecule has 9 nitrogen and oxygen atoms in total. The average Bonchev–Trinajstić information content (AvgIpc) is 3.04. The number of aryl methyl sites for hydroxylation is 4. The second-order valence-corrected chi connectivity index (χ2v) is 15.3. The quantitative estimate of drug-likeness (QED) is 0.0636. The predicted molar refractivity (Wildman–Crippen MR) is 200 cm³/mol. The van der Waals surface area contributed by atoms with Crippen LogP contribution in [0.5, 0.6) is 23.0 Å². The zero-order valence-electron chi connectivity index (χ0n) is 31.5. The summed E-state index contributed by atoms with van der Waals surface area (Å²) in [7, 11) is -0.575. The number of ether oxygens (including phenoxy) is 4. The van der Waals surface area contributed by atoms with Gasteiger partial charge in [-0.25, -0.2) is 4.57 Å². The number of carbonyl (C=O) groups is 2. The first-order valence-electron chi connectivity index (χ1n) is 16.9.